The van der Waals surface area contributed by atoms with Gasteiger partial charge in [-0.2, -0.15) is 0 Å². The van der Waals surface area contributed by atoms with Crippen LogP contribution in [0, 0.1) is 0 Å². The van der Waals surface area contributed by atoms with Crippen molar-refractivity contribution in [2.24, 2.45) is 0 Å². The number of piperazine rings is 1. The molecule has 3 fully saturated rings. The number of rotatable bonds is 2. The standard InChI is InChI=1S/C18H36N4/c1-17(2,3)21-9-7-19(8-10-21)15-11-20(12-15)16-13-22(14-16)18(4,5)6/h15-16H,7-14H2,1-6H3. The molecule has 0 saturated carbocycles. The Morgan fingerprint density at radius 1 is 0.545 bits per heavy atom. The average molecular weight is 309 g/mol. The highest BCUT2D eigenvalue weighted by Crippen LogP contribution is 2.29. The quantitative estimate of drug-likeness (QED) is 0.768. The molecule has 3 aliphatic heterocycles. The fourth-order valence-corrected chi connectivity index (χ4v) is 4.01. The summed E-state index contributed by atoms with van der Waals surface area (Å²) in [5.74, 6) is 0. The third kappa shape index (κ3) is 3.35. The number of nitrogens with zero attached hydrogens (tertiary/aromatic N) is 4. The maximum absolute atomic E-state index is 2.74. The van der Waals surface area contributed by atoms with E-state index in [4.69, 9.17) is 0 Å². The molecule has 0 aromatic carbocycles. The van der Waals surface area contributed by atoms with Crippen molar-refractivity contribution in [3.05, 3.63) is 0 Å². The molecular weight excluding hydrogens is 272 g/mol. The van der Waals surface area contributed by atoms with Gasteiger partial charge in [-0.15, -0.1) is 0 Å². The molecule has 4 heteroatoms. The Hall–Kier alpha value is -0.160. The fraction of sp³-hybridized carbons (Fsp3) is 1.00. The molecule has 0 aliphatic carbocycles. The number of hydrogen-bond donors (Lipinski definition) is 0. The zero-order chi connectivity index (χ0) is 16.1. The predicted octanol–water partition coefficient (Wildman–Crippen LogP) is 1.57. The molecule has 0 spiro atoms. The van der Waals surface area contributed by atoms with Gasteiger partial charge in [-0.25, -0.2) is 0 Å². The second kappa shape index (κ2) is 5.73. The summed E-state index contributed by atoms with van der Waals surface area (Å²) < 4.78 is 0. The summed E-state index contributed by atoms with van der Waals surface area (Å²) in [5, 5.41) is 0. The van der Waals surface area contributed by atoms with Gasteiger partial charge in [0.2, 0.25) is 0 Å². The van der Waals surface area contributed by atoms with Gasteiger partial charge in [0, 0.05) is 75.5 Å². The van der Waals surface area contributed by atoms with Crippen molar-refractivity contribution in [3.63, 3.8) is 0 Å². The summed E-state index contributed by atoms with van der Waals surface area (Å²) in [7, 11) is 0. The highest BCUT2D eigenvalue weighted by Gasteiger charge is 2.43. The van der Waals surface area contributed by atoms with E-state index < -0.39 is 0 Å². The van der Waals surface area contributed by atoms with Gasteiger partial charge in [-0.1, -0.05) is 0 Å². The Labute approximate surface area is 137 Å². The van der Waals surface area contributed by atoms with Crippen LogP contribution in [0.15, 0.2) is 0 Å². The maximum atomic E-state index is 2.74. The van der Waals surface area contributed by atoms with Gasteiger partial charge < -0.3 is 0 Å². The van der Waals surface area contributed by atoms with Gasteiger partial charge >= 0.3 is 0 Å². The Morgan fingerprint density at radius 3 is 1.45 bits per heavy atom. The number of likely N-dealkylation sites (tertiary alicyclic amines) is 2. The summed E-state index contributed by atoms with van der Waals surface area (Å²) in [6, 6.07) is 1.65. The van der Waals surface area contributed by atoms with E-state index in [0.29, 0.717) is 11.1 Å². The van der Waals surface area contributed by atoms with Crippen molar-refractivity contribution in [1.82, 2.24) is 19.6 Å². The lowest BCUT2D eigenvalue weighted by atomic mass is 9.93. The lowest BCUT2D eigenvalue weighted by Gasteiger charge is -2.58. The van der Waals surface area contributed by atoms with Crippen molar-refractivity contribution in [2.45, 2.75) is 64.7 Å². The Kier molecular flexibility index (Phi) is 4.35. The smallest absolute Gasteiger partial charge is 0.0352 e. The molecule has 0 aromatic heterocycles. The van der Waals surface area contributed by atoms with Gasteiger partial charge in [0.15, 0.2) is 0 Å². The van der Waals surface area contributed by atoms with Crippen LogP contribution < -0.4 is 0 Å². The second-order valence-corrected chi connectivity index (χ2v) is 9.53. The van der Waals surface area contributed by atoms with Crippen molar-refractivity contribution < 1.29 is 0 Å². The van der Waals surface area contributed by atoms with Crippen molar-refractivity contribution >= 4 is 0 Å². The molecule has 0 atom stereocenters. The normalized spacial score (nSPS) is 28.6. The molecule has 0 N–H and O–H groups in total. The molecule has 0 aromatic rings. The molecule has 0 bridgehead atoms. The van der Waals surface area contributed by atoms with Crippen LogP contribution in [-0.2, 0) is 0 Å². The molecular formula is C18H36N4. The largest absolute Gasteiger partial charge is 0.296 e. The molecule has 4 nitrogen and oxygen atoms in total. The first kappa shape index (κ1) is 16.7. The van der Waals surface area contributed by atoms with Crippen molar-refractivity contribution in [3.8, 4) is 0 Å². The summed E-state index contributed by atoms with van der Waals surface area (Å²) in [6.45, 7) is 24.1. The van der Waals surface area contributed by atoms with Gasteiger partial charge in [0.1, 0.15) is 0 Å². The Morgan fingerprint density at radius 2 is 1.00 bits per heavy atom. The van der Waals surface area contributed by atoms with E-state index in [1.807, 2.05) is 0 Å². The molecule has 0 unspecified atom stereocenters. The van der Waals surface area contributed by atoms with E-state index in [-0.39, 0.29) is 0 Å². The van der Waals surface area contributed by atoms with Crippen LogP contribution in [0.3, 0.4) is 0 Å². The number of hydrogen-bond acceptors (Lipinski definition) is 4. The summed E-state index contributed by atoms with van der Waals surface area (Å²) in [5.41, 5.74) is 0.685. The third-order valence-electron chi connectivity index (χ3n) is 6.00. The van der Waals surface area contributed by atoms with Crippen LogP contribution in [0.2, 0.25) is 0 Å². The zero-order valence-corrected chi connectivity index (χ0v) is 15.6. The first-order chi connectivity index (χ1) is 10.1. The van der Waals surface area contributed by atoms with Crippen LogP contribution >= 0.6 is 0 Å². The van der Waals surface area contributed by atoms with E-state index >= 15 is 0 Å². The molecule has 22 heavy (non-hydrogen) atoms. The monoisotopic (exact) mass is 308 g/mol. The van der Waals surface area contributed by atoms with E-state index in [1.165, 1.54) is 52.4 Å². The van der Waals surface area contributed by atoms with Crippen LogP contribution in [0.25, 0.3) is 0 Å². The molecule has 3 rings (SSSR count). The average Bonchev–Trinajstić information content (AvgIpc) is 2.27. The molecule has 3 saturated heterocycles. The van der Waals surface area contributed by atoms with Crippen LogP contribution in [0.5, 0.6) is 0 Å². The summed E-state index contributed by atoms with van der Waals surface area (Å²) >= 11 is 0. The fourth-order valence-electron chi connectivity index (χ4n) is 4.01. The third-order valence-corrected chi connectivity index (χ3v) is 6.00. The Bertz CT molecular complexity index is 375. The summed E-state index contributed by atoms with van der Waals surface area (Å²) in [6.07, 6.45) is 0. The maximum Gasteiger partial charge on any atom is 0.0352 e. The predicted molar refractivity (Wildman–Crippen MR) is 93.4 cm³/mol. The SMILES string of the molecule is CC(C)(C)N1CCN(C2CN(C3CN(C(C)(C)C)C3)C2)CC1. The van der Waals surface area contributed by atoms with E-state index in [2.05, 4.69) is 61.1 Å². The van der Waals surface area contributed by atoms with Gasteiger partial charge in [-0.3, -0.25) is 19.6 Å². The van der Waals surface area contributed by atoms with Gasteiger partial charge in [-0.05, 0) is 41.5 Å². The minimum absolute atomic E-state index is 0.333. The highest BCUT2D eigenvalue weighted by atomic mass is 15.4. The molecule has 0 radical (unpaired) electrons. The van der Waals surface area contributed by atoms with Crippen molar-refractivity contribution in [1.29, 1.82) is 0 Å². The molecule has 3 heterocycles. The second-order valence-electron chi connectivity index (χ2n) is 9.53. The van der Waals surface area contributed by atoms with E-state index in [1.54, 1.807) is 0 Å². The van der Waals surface area contributed by atoms with Gasteiger partial charge in [0.25, 0.3) is 0 Å². The topological polar surface area (TPSA) is 13.0 Å². The zero-order valence-electron chi connectivity index (χ0n) is 15.6. The lowest BCUT2D eigenvalue weighted by Crippen LogP contribution is -2.72. The van der Waals surface area contributed by atoms with E-state index in [9.17, 15) is 0 Å². The lowest BCUT2D eigenvalue weighted by molar-refractivity contribution is -0.0853. The molecule has 0 amide bonds. The first-order valence-corrected chi connectivity index (χ1v) is 9.13. The first-order valence-electron chi connectivity index (χ1n) is 9.13. The van der Waals surface area contributed by atoms with Crippen LogP contribution in [0.4, 0.5) is 0 Å². The molecule has 3 aliphatic rings. The van der Waals surface area contributed by atoms with E-state index in [0.717, 1.165) is 12.1 Å². The Balaban J connectivity index is 1.37. The minimum atomic E-state index is 0.333. The molecule has 128 valence electrons. The summed E-state index contributed by atoms with van der Waals surface area (Å²) in [4.78, 5) is 10.7. The van der Waals surface area contributed by atoms with Gasteiger partial charge in [0.05, 0.1) is 0 Å². The minimum Gasteiger partial charge on any atom is -0.296 e. The van der Waals surface area contributed by atoms with Crippen LogP contribution in [-0.4, -0.2) is 95.1 Å². The van der Waals surface area contributed by atoms with Crippen LogP contribution in [0.1, 0.15) is 41.5 Å². The van der Waals surface area contributed by atoms with Crippen molar-refractivity contribution in [2.75, 3.05) is 52.4 Å². The highest BCUT2D eigenvalue weighted by molar-refractivity contribution is 5.01.